The Morgan fingerprint density at radius 1 is 0.852 bits per heavy atom. The van der Waals surface area contributed by atoms with E-state index in [0.717, 1.165) is 44.3 Å². The molecule has 1 saturated carbocycles. The molecule has 4 rings (SSSR count). The molecule has 1 fully saturated rings. The van der Waals surface area contributed by atoms with Gasteiger partial charge < -0.3 is 4.74 Å². The SMILES string of the molecule is FC(F)(F)c1cc(COc2ccc3c(c2)CCCC3)ccc1C1CCCC1. The summed E-state index contributed by atoms with van der Waals surface area (Å²) in [7, 11) is 0. The summed E-state index contributed by atoms with van der Waals surface area (Å²) in [6, 6.07) is 10.8. The minimum atomic E-state index is -4.32. The second kappa shape index (κ2) is 7.57. The highest BCUT2D eigenvalue weighted by Crippen LogP contribution is 2.42. The van der Waals surface area contributed by atoms with Crippen LogP contribution >= 0.6 is 0 Å². The largest absolute Gasteiger partial charge is 0.489 e. The average molecular weight is 374 g/mol. The summed E-state index contributed by atoms with van der Waals surface area (Å²) in [6.07, 6.45) is 4.00. The molecule has 0 spiro atoms. The predicted molar refractivity (Wildman–Crippen MR) is 100 cm³/mol. The van der Waals surface area contributed by atoms with Crippen LogP contribution in [0, 0.1) is 0 Å². The minimum absolute atomic E-state index is 0.0391. The molecule has 4 heteroatoms. The number of aryl methyl sites for hydroxylation is 2. The van der Waals surface area contributed by atoms with Gasteiger partial charge in [0.15, 0.2) is 0 Å². The van der Waals surface area contributed by atoms with Gasteiger partial charge in [-0.2, -0.15) is 13.2 Å². The first kappa shape index (κ1) is 18.4. The van der Waals surface area contributed by atoms with Crippen molar-refractivity contribution >= 4 is 0 Å². The summed E-state index contributed by atoms with van der Waals surface area (Å²) >= 11 is 0. The van der Waals surface area contributed by atoms with Crippen LogP contribution in [0.5, 0.6) is 5.75 Å². The van der Waals surface area contributed by atoms with Crippen LogP contribution in [0.25, 0.3) is 0 Å². The van der Waals surface area contributed by atoms with E-state index in [9.17, 15) is 13.2 Å². The second-order valence-electron chi connectivity index (χ2n) is 7.83. The molecule has 2 aliphatic rings. The van der Waals surface area contributed by atoms with E-state index < -0.39 is 11.7 Å². The highest BCUT2D eigenvalue weighted by molar-refractivity contribution is 5.39. The molecule has 0 radical (unpaired) electrons. The zero-order chi connectivity index (χ0) is 18.9. The maximum atomic E-state index is 13.6. The van der Waals surface area contributed by atoms with Gasteiger partial charge in [-0.15, -0.1) is 0 Å². The van der Waals surface area contributed by atoms with E-state index in [2.05, 4.69) is 6.07 Å². The molecular weight excluding hydrogens is 349 g/mol. The monoisotopic (exact) mass is 374 g/mol. The lowest BCUT2D eigenvalue weighted by Gasteiger charge is -2.19. The van der Waals surface area contributed by atoms with Crippen LogP contribution < -0.4 is 4.74 Å². The molecule has 0 amide bonds. The van der Waals surface area contributed by atoms with Gasteiger partial charge in [0.25, 0.3) is 0 Å². The molecule has 0 atom stereocenters. The normalized spacial score (nSPS) is 17.7. The lowest BCUT2D eigenvalue weighted by Crippen LogP contribution is -2.12. The highest BCUT2D eigenvalue weighted by Gasteiger charge is 2.36. The van der Waals surface area contributed by atoms with Gasteiger partial charge in [0, 0.05) is 0 Å². The van der Waals surface area contributed by atoms with Crippen LogP contribution in [0.3, 0.4) is 0 Å². The summed E-state index contributed by atoms with van der Waals surface area (Å²) in [5.74, 6) is 0.779. The molecule has 0 aliphatic heterocycles. The van der Waals surface area contributed by atoms with E-state index in [0.29, 0.717) is 11.1 Å². The van der Waals surface area contributed by atoms with Crippen molar-refractivity contribution in [1.29, 1.82) is 0 Å². The number of alkyl halides is 3. The Kier molecular flexibility index (Phi) is 5.16. The van der Waals surface area contributed by atoms with E-state index in [-0.39, 0.29) is 12.5 Å². The van der Waals surface area contributed by atoms with E-state index >= 15 is 0 Å². The lowest BCUT2D eigenvalue weighted by atomic mass is 9.91. The Labute approximate surface area is 158 Å². The van der Waals surface area contributed by atoms with E-state index in [4.69, 9.17) is 4.74 Å². The van der Waals surface area contributed by atoms with Gasteiger partial charge in [0.1, 0.15) is 12.4 Å². The third kappa shape index (κ3) is 4.15. The van der Waals surface area contributed by atoms with Gasteiger partial charge in [0.2, 0.25) is 0 Å². The topological polar surface area (TPSA) is 9.23 Å². The molecule has 2 aliphatic carbocycles. The average Bonchev–Trinajstić information content (AvgIpc) is 3.20. The number of benzene rings is 2. The van der Waals surface area contributed by atoms with Crippen molar-refractivity contribution in [2.45, 2.75) is 70.1 Å². The summed E-state index contributed by atoms with van der Waals surface area (Å²) < 4.78 is 46.6. The Hall–Kier alpha value is -1.97. The van der Waals surface area contributed by atoms with Crippen LogP contribution in [-0.4, -0.2) is 0 Å². The fourth-order valence-electron chi connectivity index (χ4n) is 4.50. The zero-order valence-electron chi connectivity index (χ0n) is 15.4. The van der Waals surface area contributed by atoms with Gasteiger partial charge in [-0.1, -0.05) is 31.0 Å². The molecule has 0 saturated heterocycles. The summed E-state index contributed by atoms with van der Waals surface area (Å²) in [5, 5.41) is 0. The van der Waals surface area contributed by atoms with Gasteiger partial charge in [0.05, 0.1) is 5.56 Å². The van der Waals surface area contributed by atoms with Crippen LogP contribution in [0.15, 0.2) is 36.4 Å². The number of rotatable bonds is 4. The smallest absolute Gasteiger partial charge is 0.416 e. The third-order valence-corrected chi connectivity index (χ3v) is 5.94. The van der Waals surface area contributed by atoms with Crippen molar-refractivity contribution in [2.75, 3.05) is 0 Å². The Morgan fingerprint density at radius 3 is 2.33 bits per heavy atom. The van der Waals surface area contributed by atoms with Crippen LogP contribution in [0.2, 0.25) is 0 Å². The first-order valence-corrected chi connectivity index (χ1v) is 9.95. The summed E-state index contributed by atoms with van der Waals surface area (Å²) in [4.78, 5) is 0. The van der Waals surface area contributed by atoms with Crippen molar-refractivity contribution in [2.24, 2.45) is 0 Å². The zero-order valence-corrected chi connectivity index (χ0v) is 15.4. The molecular formula is C23H25F3O. The molecule has 1 nitrogen and oxygen atoms in total. The maximum Gasteiger partial charge on any atom is 0.416 e. The minimum Gasteiger partial charge on any atom is -0.489 e. The van der Waals surface area contributed by atoms with Crippen molar-refractivity contribution < 1.29 is 17.9 Å². The molecule has 2 aromatic rings. The molecule has 0 N–H and O–H groups in total. The standard InChI is InChI=1S/C23H25F3O/c24-23(25,26)22-13-16(9-12-21(22)18-6-2-3-7-18)15-27-20-11-10-17-5-1-4-8-19(17)14-20/h9-14,18H,1-8,15H2. The predicted octanol–water partition coefficient (Wildman–Crippen LogP) is 6.82. The number of hydrogen-bond donors (Lipinski definition) is 0. The van der Waals surface area contributed by atoms with E-state index in [1.54, 1.807) is 12.1 Å². The Bertz CT molecular complexity index is 804. The van der Waals surface area contributed by atoms with Gasteiger partial charge >= 0.3 is 6.18 Å². The maximum absolute atomic E-state index is 13.6. The van der Waals surface area contributed by atoms with E-state index in [1.807, 2.05) is 12.1 Å². The number of halogens is 3. The van der Waals surface area contributed by atoms with Crippen LogP contribution in [-0.2, 0) is 25.6 Å². The third-order valence-electron chi connectivity index (χ3n) is 5.94. The summed E-state index contributed by atoms with van der Waals surface area (Å²) in [6.45, 7) is 0.160. The molecule has 144 valence electrons. The number of ether oxygens (including phenoxy) is 1. The van der Waals surface area contributed by atoms with Crippen molar-refractivity contribution in [3.8, 4) is 5.75 Å². The first-order valence-electron chi connectivity index (χ1n) is 9.95. The molecule has 0 aromatic heterocycles. The van der Waals surface area contributed by atoms with Crippen LogP contribution in [0.1, 0.15) is 72.3 Å². The van der Waals surface area contributed by atoms with Gasteiger partial charge in [-0.3, -0.25) is 0 Å². The molecule has 0 bridgehead atoms. The van der Waals surface area contributed by atoms with Crippen molar-refractivity contribution in [1.82, 2.24) is 0 Å². The van der Waals surface area contributed by atoms with Gasteiger partial charge in [-0.25, -0.2) is 0 Å². The Morgan fingerprint density at radius 2 is 1.59 bits per heavy atom. The molecule has 0 heterocycles. The molecule has 2 aromatic carbocycles. The van der Waals surface area contributed by atoms with Crippen molar-refractivity contribution in [3.63, 3.8) is 0 Å². The van der Waals surface area contributed by atoms with Crippen LogP contribution in [0.4, 0.5) is 13.2 Å². The van der Waals surface area contributed by atoms with E-state index in [1.165, 1.54) is 30.0 Å². The van der Waals surface area contributed by atoms with Crippen molar-refractivity contribution in [3.05, 3.63) is 64.2 Å². The fraction of sp³-hybridized carbons (Fsp3) is 0.478. The highest BCUT2D eigenvalue weighted by atomic mass is 19.4. The fourth-order valence-corrected chi connectivity index (χ4v) is 4.50. The first-order chi connectivity index (χ1) is 13.0. The quantitative estimate of drug-likeness (QED) is 0.570. The number of fused-ring (bicyclic) bond motifs is 1. The van der Waals surface area contributed by atoms with Gasteiger partial charge in [-0.05, 0) is 84.9 Å². The Balaban J connectivity index is 1.52. The lowest BCUT2D eigenvalue weighted by molar-refractivity contribution is -0.138. The molecule has 27 heavy (non-hydrogen) atoms. The second-order valence-corrected chi connectivity index (χ2v) is 7.83. The number of hydrogen-bond acceptors (Lipinski definition) is 1. The summed E-state index contributed by atoms with van der Waals surface area (Å²) in [5.41, 5.74) is 3.22. The molecule has 0 unspecified atom stereocenters.